The summed E-state index contributed by atoms with van der Waals surface area (Å²) in [7, 11) is 0. The van der Waals surface area contributed by atoms with Gasteiger partial charge in [0.2, 0.25) is 0 Å². The molecule has 1 aromatic rings. The monoisotopic (exact) mass is 234 g/mol. The Labute approximate surface area is 95.4 Å². The van der Waals surface area contributed by atoms with Crippen molar-refractivity contribution in [3.8, 4) is 0 Å². The third-order valence-electron chi connectivity index (χ3n) is 2.62. The molecule has 1 heterocycles. The zero-order valence-electron chi connectivity index (χ0n) is 8.19. The minimum absolute atomic E-state index is 0. The van der Waals surface area contributed by atoms with Crippen LogP contribution in [0.4, 0.5) is 5.82 Å². The number of hydrogen-bond acceptors (Lipinski definition) is 2. The average Bonchev–Trinajstić information content (AvgIpc) is 2.21. The quantitative estimate of drug-likeness (QED) is 0.797. The molecule has 2 nitrogen and oxygen atoms in total. The SMILES string of the molecule is [Ni].c1ccc(NC2CCCCC2)nc1. The summed E-state index contributed by atoms with van der Waals surface area (Å²) in [5.41, 5.74) is 0. The number of pyridine rings is 1. The minimum atomic E-state index is 0. The van der Waals surface area contributed by atoms with Gasteiger partial charge in [0.05, 0.1) is 0 Å². The number of nitrogens with one attached hydrogen (secondary N) is 1. The van der Waals surface area contributed by atoms with Crippen LogP contribution in [0.15, 0.2) is 24.4 Å². The summed E-state index contributed by atoms with van der Waals surface area (Å²) in [5.74, 6) is 1.02. The van der Waals surface area contributed by atoms with Crippen molar-refractivity contribution in [1.29, 1.82) is 0 Å². The molecule has 0 bridgehead atoms. The molecule has 80 valence electrons. The first-order valence-corrected chi connectivity index (χ1v) is 5.13. The van der Waals surface area contributed by atoms with Gasteiger partial charge in [-0.2, -0.15) is 0 Å². The summed E-state index contributed by atoms with van der Waals surface area (Å²) in [5, 5.41) is 3.47. The standard InChI is InChI=1S/C11H16N2.Ni/c1-2-6-10(7-3-1)13-11-8-4-5-9-12-11;/h4-5,8-10H,1-3,6-7H2,(H,12,13);. The summed E-state index contributed by atoms with van der Waals surface area (Å²) >= 11 is 0. The smallest absolute Gasteiger partial charge is 0.126 e. The van der Waals surface area contributed by atoms with Crippen LogP contribution in [0, 0.1) is 0 Å². The maximum Gasteiger partial charge on any atom is 0.126 e. The van der Waals surface area contributed by atoms with E-state index in [0.717, 1.165) is 5.82 Å². The van der Waals surface area contributed by atoms with Crippen molar-refractivity contribution in [3.63, 3.8) is 0 Å². The van der Waals surface area contributed by atoms with Crippen LogP contribution in [0.25, 0.3) is 0 Å². The van der Waals surface area contributed by atoms with Gasteiger partial charge in [-0.05, 0) is 25.0 Å². The molecule has 0 saturated heterocycles. The van der Waals surface area contributed by atoms with Crippen molar-refractivity contribution >= 4 is 5.82 Å². The third kappa shape index (κ3) is 3.30. The molecular weight excluding hydrogens is 219 g/mol. The second kappa shape index (κ2) is 6.03. The number of rotatable bonds is 2. The van der Waals surface area contributed by atoms with Gasteiger partial charge >= 0.3 is 0 Å². The van der Waals surface area contributed by atoms with Crippen molar-refractivity contribution in [2.45, 2.75) is 38.1 Å². The van der Waals surface area contributed by atoms with Gasteiger partial charge in [0.25, 0.3) is 0 Å². The van der Waals surface area contributed by atoms with Crippen LogP contribution >= 0.6 is 0 Å². The van der Waals surface area contributed by atoms with Gasteiger partial charge in [-0.3, -0.25) is 0 Å². The van der Waals surface area contributed by atoms with E-state index in [1.807, 2.05) is 24.4 Å². The van der Waals surface area contributed by atoms with Crippen LogP contribution in [0.3, 0.4) is 0 Å². The third-order valence-corrected chi connectivity index (χ3v) is 2.62. The van der Waals surface area contributed by atoms with Crippen LogP contribution in [0.1, 0.15) is 32.1 Å². The maximum absolute atomic E-state index is 4.26. The summed E-state index contributed by atoms with van der Waals surface area (Å²) < 4.78 is 0. The second-order valence-corrected chi connectivity index (χ2v) is 3.69. The number of anilines is 1. The molecule has 0 spiro atoms. The van der Waals surface area contributed by atoms with Gasteiger partial charge in [-0.1, -0.05) is 25.3 Å². The summed E-state index contributed by atoms with van der Waals surface area (Å²) in [6, 6.07) is 6.67. The molecule has 1 aromatic heterocycles. The van der Waals surface area contributed by atoms with Gasteiger partial charge < -0.3 is 5.32 Å². The fourth-order valence-corrected chi connectivity index (χ4v) is 1.90. The van der Waals surface area contributed by atoms with E-state index in [-0.39, 0.29) is 16.5 Å². The van der Waals surface area contributed by atoms with E-state index in [9.17, 15) is 0 Å². The predicted molar refractivity (Wildman–Crippen MR) is 54.7 cm³/mol. The molecule has 1 fully saturated rings. The van der Waals surface area contributed by atoms with Crippen molar-refractivity contribution in [1.82, 2.24) is 4.98 Å². The van der Waals surface area contributed by atoms with Crippen LogP contribution in [0.2, 0.25) is 0 Å². The number of aromatic nitrogens is 1. The summed E-state index contributed by atoms with van der Waals surface area (Å²) in [6.45, 7) is 0. The Kier molecular flexibility index (Phi) is 4.96. The maximum atomic E-state index is 4.26. The van der Waals surface area contributed by atoms with Gasteiger partial charge in [-0.25, -0.2) is 4.98 Å². The van der Waals surface area contributed by atoms with E-state index < -0.39 is 0 Å². The first-order chi connectivity index (χ1) is 6.45. The normalized spacial score (nSPS) is 17.1. The Balaban J connectivity index is 0.000000980. The number of nitrogens with zero attached hydrogens (tertiary/aromatic N) is 1. The molecule has 1 N–H and O–H groups in total. The first kappa shape index (κ1) is 11.5. The van der Waals surface area contributed by atoms with Crippen LogP contribution in [-0.2, 0) is 16.5 Å². The van der Waals surface area contributed by atoms with E-state index in [1.54, 1.807) is 0 Å². The molecule has 0 amide bonds. The average molecular weight is 235 g/mol. The van der Waals surface area contributed by atoms with E-state index in [4.69, 9.17) is 0 Å². The molecule has 0 aromatic carbocycles. The summed E-state index contributed by atoms with van der Waals surface area (Å²) in [6.07, 6.45) is 8.58. The van der Waals surface area contributed by atoms with Gasteiger partial charge in [0.15, 0.2) is 0 Å². The Hall–Kier alpha value is -0.556. The van der Waals surface area contributed by atoms with Crippen molar-refractivity contribution in [2.24, 2.45) is 0 Å². The molecule has 2 rings (SSSR count). The van der Waals surface area contributed by atoms with Gasteiger partial charge in [0, 0.05) is 28.7 Å². The molecule has 14 heavy (non-hydrogen) atoms. The molecule has 0 radical (unpaired) electrons. The van der Waals surface area contributed by atoms with E-state index in [0.29, 0.717) is 6.04 Å². The second-order valence-electron chi connectivity index (χ2n) is 3.69. The zero-order valence-corrected chi connectivity index (χ0v) is 9.17. The number of hydrogen-bond donors (Lipinski definition) is 1. The molecule has 1 aliphatic carbocycles. The Bertz CT molecular complexity index is 245. The fraction of sp³-hybridized carbons (Fsp3) is 0.545. The van der Waals surface area contributed by atoms with Gasteiger partial charge in [0.1, 0.15) is 5.82 Å². The van der Waals surface area contributed by atoms with Crippen molar-refractivity contribution < 1.29 is 16.5 Å². The summed E-state index contributed by atoms with van der Waals surface area (Å²) in [4.78, 5) is 4.26. The van der Waals surface area contributed by atoms with E-state index >= 15 is 0 Å². The Morgan fingerprint density at radius 1 is 1.14 bits per heavy atom. The minimum Gasteiger partial charge on any atom is -0.367 e. The molecule has 3 heteroatoms. The molecule has 0 atom stereocenters. The molecule has 1 aliphatic rings. The predicted octanol–water partition coefficient (Wildman–Crippen LogP) is 2.82. The zero-order chi connectivity index (χ0) is 8.93. The van der Waals surface area contributed by atoms with Gasteiger partial charge in [-0.15, -0.1) is 0 Å². The molecular formula is C11H16N2Ni. The largest absolute Gasteiger partial charge is 0.367 e. The Morgan fingerprint density at radius 2 is 1.93 bits per heavy atom. The Morgan fingerprint density at radius 3 is 2.57 bits per heavy atom. The topological polar surface area (TPSA) is 24.9 Å². The first-order valence-electron chi connectivity index (χ1n) is 5.13. The fourth-order valence-electron chi connectivity index (χ4n) is 1.90. The van der Waals surface area contributed by atoms with Crippen molar-refractivity contribution in [3.05, 3.63) is 24.4 Å². The van der Waals surface area contributed by atoms with Crippen LogP contribution in [-0.4, -0.2) is 11.0 Å². The van der Waals surface area contributed by atoms with E-state index in [1.165, 1.54) is 32.1 Å². The van der Waals surface area contributed by atoms with Crippen LogP contribution in [0.5, 0.6) is 0 Å². The molecule has 0 unspecified atom stereocenters. The molecule has 0 aliphatic heterocycles. The molecule has 1 saturated carbocycles. The van der Waals surface area contributed by atoms with Crippen molar-refractivity contribution in [2.75, 3.05) is 5.32 Å². The van der Waals surface area contributed by atoms with E-state index in [2.05, 4.69) is 10.3 Å². The van der Waals surface area contributed by atoms with Crippen LogP contribution < -0.4 is 5.32 Å².